The molecule has 0 aliphatic carbocycles. The fourth-order valence-corrected chi connectivity index (χ4v) is 5.92. The first-order valence-corrected chi connectivity index (χ1v) is 11.3. The third-order valence-corrected chi connectivity index (χ3v) is 7.46. The van der Waals surface area contributed by atoms with E-state index >= 15 is 0 Å². The molecular formula is C26H23NOS. The van der Waals surface area contributed by atoms with Gasteiger partial charge in [-0.15, -0.1) is 0 Å². The van der Waals surface area contributed by atoms with Crippen LogP contribution in [0.2, 0.25) is 0 Å². The lowest BCUT2D eigenvalue weighted by Crippen LogP contribution is -2.48. The van der Waals surface area contributed by atoms with Gasteiger partial charge < -0.3 is 4.90 Å². The van der Waals surface area contributed by atoms with Gasteiger partial charge in [-0.25, -0.2) is 0 Å². The summed E-state index contributed by atoms with van der Waals surface area (Å²) in [6.45, 7) is 0.847. The quantitative estimate of drug-likeness (QED) is 0.563. The van der Waals surface area contributed by atoms with Crippen molar-refractivity contribution in [3.8, 4) is 0 Å². The van der Waals surface area contributed by atoms with Crippen LogP contribution in [0.1, 0.15) is 23.1 Å². The third kappa shape index (κ3) is 2.97. The lowest BCUT2D eigenvalue weighted by molar-refractivity contribution is 0.219. The van der Waals surface area contributed by atoms with Gasteiger partial charge in [0.05, 0.1) is 16.0 Å². The van der Waals surface area contributed by atoms with E-state index in [-0.39, 0.29) is 5.25 Å². The molecule has 0 bridgehead atoms. The molecule has 3 heteroatoms. The zero-order valence-corrected chi connectivity index (χ0v) is 17.0. The first kappa shape index (κ1) is 18.1. The number of rotatable bonds is 4. The summed E-state index contributed by atoms with van der Waals surface area (Å²) in [4.78, 5) is 2.45. The van der Waals surface area contributed by atoms with Crippen LogP contribution in [0, 0.1) is 0 Å². The van der Waals surface area contributed by atoms with Crippen LogP contribution in [-0.2, 0) is 16.3 Å². The predicted octanol–water partition coefficient (Wildman–Crippen LogP) is 5.21. The van der Waals surface area contributed by atoms with Gasteiger partial charge in [0.1, 0.15) is 5.54 Å². The van der Waals surface area contributed by atoms with Crippen LogP contribution in [0.25, 0.3) is 0 Å². The fraction of sp³-hybridized carbons (Fsp3) is 0.154. The molecule has 0 amide bonds. The van der Waals surface area contributed by atoms with Crippen LogP contribution in [0.15, 0.2) is 114 Å². The zero-order valence-electron chi connectivity index (χ0n) is 16.1. The largest absolute Gasteiger partial charge is 0.360 e. The summed E-state index contributed by atoms with van der Waals surface area (Å²) in [7, 11) is -0.890. The summed E-state index contributed by atoms with van der Waals surface area (Å²) in [5.41, 5.74) is 4.42. The highest BCUT2D eigenvalue weighted by molar-refractivity contribution is 7.89. The monoisotopic (exact) mass is 397 g/mol. The SMILES string of the molecule is O=[S@]1C=CC2=CN(C(c3ccccc3)(c3ccccc3)c3ccccc3)CC[C@H]21. The van der Waals surface area contributed by atoms with Crippen molar-refractivity contribution >= 4 is 10.8 Å². The van der Waals surface area contributed by atoms with Crippen molar-refractivity contribution in [1.82, 2.24) is 4.90 Å². The smallest absolute Gasteiger partial charge is 0.116 e. The van der Waals surface area contributed by atoms with Gasteiger partial charge in [0, 0.05) is 18.2 Å². The lowest BCUT2D eigenvalue weighted by Gasteiger charge is -2.47. The maximum absolute atomic E-state index is 12.3. The third-order valence-electron chi connectivity index (χ3n) is 5.99. The van der Waals surface area contributed by atoms with Crippen LogP contribution >= 0.6 is 0 Å². The predicted molar refractivity (Wildman–Crippen MR) is 120 cm³/mol. The molecule has 29 heavy (non-hydrogen) atoms. The highest BCUT2D eigenvalue weighted by atomic mass is 32.2. The summed E-state index contributed by atoms with van der Waals surface area (Å²) >= 11 is 0. The highest BCUT2D eigenvalue weighted by Gasteiger charge is 2.43. The second kappa shape index (κ2) is 7.49. The van der Waals surface area contributed by atoms with Crippen LogP contribution in [0.5, 0.6) is 0 Å². The molecular weight excluding hydrogens is 374 g/mol. The van der Waals surface area contributed by atoms with Crippen molar-refractivity contribution in [1.29, 1.82) is 0 Å². The van der Waals surface area contributed by atoms with E-state index in [1.807, 2.05) is 11.5 Å². The molecule has 2 heterocycles. The molecule has 0 unspecified atom stereocenters. The van der Waals surface area contributed by atoms with Gasteiger partial charge in [-0.05, 0) is 34.8 Å². The molecule has 2 aliphatic rings. The molecule has 2 atom stereocenters. The lowest BCUT2D eigenvalue weighted by atomic mass is 9.75. The molecule has 0 N–H and O–H groups in total. The topological polar surface area (TPSA) is 20.3 Å². The van der Waals surface area contributed by atoms with Crippen molar-refractivity contribution in [2.75, 3.05) is 6.54 Å². The van der Waals surface area contributed by atoms with Crippen molar-refractivity contribution in [3.63, 3.8) is 0 Å². The zero-order chi connectivity index (χ0) is 19.7. The van der Waals surface area contributed by atoms with Gasteiger partial charge in [-0.1, -0.05) is 91.0 Å². The Morgan fingerprint density at radius 1 is 0.759 bits per heavy atom. The second-order valence-electron chi connectivity index (χ2n) is 7.54. The molecule has 0 fully saturated rings. The van der Waals surface area contributed by atoms with E-state index in [9.17, 15) is 4.21 Å². The van der Waals surface area contributed by atoms with Crippen LogP contribution < -0.4 is 0 Å². The molecule has 2 aliphatic heterocycles. The minimum atomic E-state index is -0.890. The normalized spacial score (nSPS) is 21.0. The van der Waals surface area contributed by atoms with Crippen LogP contribution in [-0.4, -0.2) is 20.9 Å². The molecule has 0 saturated heterocycles. The molecule has 0 saturated carbocycles. The van der Waals surface area contributed by atoms with Crippen LogP contribution in [0.3, 0.4) is 0 Å². The highest BCUT2D eigenvalue weighted by Crippen LogP contribution is 2.45. The van der Waals surface area contributed by atoms with Gasteiger partial charge in [-0.2, -0.15) is 0 Å². The Morgan fingerprint density at radius 2 is 1.24 bits per heavy atom. The van der Waals surface area contributed by atoms with E-state index in [0.29, 0.717) is 0 Å². The summed E-state index contributed by atoms with van der Waals surface area (Å²) < 4.78 is 12.3. The Labute approximate surface area is 174 Å². The Bertz CT molecular complexity index is 977. The molecule has 144 valence electrons. The number of allylic oxidation sites excluding steroid dienone is 1. The van der Waals surface area contributed by atoms with E-state index < -0.39 is 16.3 Å². The number of hydrogen-bond donors (Lipinski definition) is 0. The maximum atomic E-state index is 12.3. The molecule has 0 aromatic heterocycles. The van der Waals surface area contributed by atoms with E-state index in [4.69, 9.17) is 0 Å². The van der Waals surface area contributed by atoms with Crippen LogP contribution in [0.4, 0.5) is 0 Å². The van der Waals surface area contributed by atoms with Crippen molar-refractivity contribution in [2.45, 2.75) is 17.2 Å². The van der Waals surface area contributed by atoms with E-state index in [1.54, 1.807) is 0 Å². The fourth-order valence-electron chi connectivity index (χ4n) is 4.69. The Kier molecular flexibility index (Phi) is 4.69. The summed E-state index contributed by atoms with van der Waals surface area (Å²) in [6, 6.07) is 32.2. The molecule has 0 radical (unpaired) electrons. The average molecular weight is 398 g/mol. The summed E-state index contributed by atoms with van der Waals surface area (Å²) in [5, 5.41) is 1.97. The van der Waals surface area contributed by atoms with Gasteiger partial charge >= 0.3 is 0 Å². The Balaban J connectivity index is 1.80. The van der Waals surface area contributed by atoms with Crippen molar-refractivity contribution < 1.29 is 4.21 Å². The molecule has 2 nitrogen and oxygen atoms in total. The first-order chi connectivity index (χ1) is 14.3. The summed E-state index contributed by atoms with van der Waals surface area (Å²) in [5.74, 6) is 0. The van der Waals surface area contributed by atoms with Crippen molar-refractivity contribution in [3.05, 3.63) is 131 Å². The van der Waals surface area contributed by atoms with Gasteiger partial charge in [0.2, 0.25) is 0 Å². The molecule has 5 rings (SSSR count). The maximum Gasteiger partial charge on any atom is 0.116 e. The van der Waals surface area contributed by atoms with Gasteiger partial charge in [0.15, 0.2) is 0 Å². The number of hydrogen-bond acceptors (Lipinski definition) is 2. The number of nitrogens with zero attached hydrogens (tertiary/aromatic N) is 1. The van der Waals surface area contributed by atoms with Gasteiger partial charge in [-0.3, -0.25) is 4.21 Å². The number of benzene rings is 3. The minimum absolute atomic E-state index is 0.131. The molecule has 3 aromatic rings. The second-order valence-corrected chi connectivity index (χ2v) is 9.04. The molecule has 3 aromatic carbocycles. The Morgan fingerprint density at radius 3 is 1.72 bits per heavy atom. The standard InChI is InChI=1S/C26H23NOS/c28-29-19-17-21-20-27(18-16-25(21)29)26(22-10-4-1-5-11-22,23-12-6-2-7-13-23)24-14-8-3-9-15-24/h1-15,17,19-20,25H,16,18H2/t25-,29+/m1/s1. The van der Waals surface area contributed by atoms with E-state index in [1.165, 1.54) is 22.3 Å². The van der Waals surface area contributed by atoms with Crippen molar-refractivity contribution in [2.24, 2.45) is 0 Å². The van der Waals surface area contributed by atoms with E-state index in [2.05, 4.69) is 102 Å². The molecule has 0 spiro atoms. The first-order valence-electron chi connectivity index (χ1n) is 10.0. The summed E-state index contributed by atoms with van der Waals surface area (Å²) in [6.07, 6.45) is 5.17. The minimum Gasteiger partial charge on any atom is -0.360 e. The Hall–Kier alpha value is -2.91. The number of fused-ring (bicyclic) bond motifs is 1. The average Bonchev–Trinajstić information content (AvgIpc) is 3.17. The van der Waals surface area contributed by atoms with Gasteiger partial charge in [0.25, 0.3) is 0 Å². The van der Waals surface area contributed by atoms with E-state index in [0.717, 1.165) is 13.0 Å².